The van der Waals surface area contributed by atoms with Crippen molar-refractivity contribution in [3.8, 4) is 0 Å². The highest BCUT2D eigenvalue weighted by Crippen LogP contribution is 2.29. The van der Waals surface area contributed by atoms with Crippen molar-refractivity contribution in [1.82, 2.24) is 4.98 Å². The van der Waals surface area contributed by atoms with Gasteiger partial charge in [-0.2, -0.15) is 0 Å². The normalized spacial score (nSPS) is 13.4. The van der Waals surface area contributed by atoms with Gasteiger partial charge in [-0.05, 0) is 49.4 Å². The number of hydrogen-bond acceptors (Lipinski definition) is 5. The molecule has 126 valence electrons. The number of hydrogen-bond donors (Lipinski definition) is 0. The minimum absolute atomic E-state index is 0.189. The maximum atomic E-state index is 12.8. The molecule has 0 fully saturated rings. The molecule has 0 saturated heterocycles. The largest absolute Gasteiger partial charge is 0.461 e. The second-order valence-electron chi connectivity index (χ2n) is 6.11. The smallest absolute Gasteiger partial charge is 0.339 e. The minimum atomic E-state index is -0.475. The zero-order chi connectivity index (χ0) is 17.2. The number of benzene rings is 1. The van der Waals surface area contributed by atoms with E-state index in [4.69, 9.17) is 14.1 Å². The van der Waals surface area contributed by atoms with E-state index in [9.17, 15) is 9.59 Å². The summed E-state index contributed by atoms with van der Waals surface area (Å²) in [6, 6.07) is 10.7. The van der Waals surface area contributed by atoms with Crippen LogP contribution in [0.5, 0.6) is 0 Å². The number of carbonyl (C=O) groups excluding carboxylic acids is 2. The van der Waals surface area contributed by atoms with Crippen molar-refractivity contribution in [3.63, 3.8) is 0 Å². The molecule has 0 atom stereocenters. The first-order valence-corrected chi connectivity index (χ1v) is 8.38. The van der Waals surface area contributed by atoms with Gasteiger partial charge >= 0.3 is 5.97 Å². The molecule has 0 spiro atoms. The molecular formula is C20H17NO4. The number of Topliss-reactive ketones (excluding diaryl/α,β-unsaturated/α-hetero) is 1. The highest BCUT2D eigenvalue weighted by atomic mass is 16.5. The van der Waals surface area contributed by atoms with E-state index in [-0.39, 0.29) is 18.2 Å². The van der Waals surface area contributed by atoms with Gasteiger partial charge in [0, 0.05) is 11.1 Å². The predicted molar refractivity (Wildman–Crippen MR) is 91.7 cm³/mol. The second-order valence-corrected chi connectivity index (χ2v) is 6.11. The average Bonchev–Trinajstić information content (AvgIpc) is 3.18. The first kappa shape index (κ1) is 15.6. The van der Waals surface area contributed by atoms with Crippen molar-refractivity contribution < 1.29 is 18.7 Å². The number of ether oxygens (including phenoxy) is 1. The molecular weight excluding hydrogens is 318 g/mol. The number of furan rings is 1. The number of carbonyl (C=O) groups is 2. The predicted octanol–water partition coefficient (Wildman–Crippen LogP) is 3.75. The maximum absolute atomic E-state index is 12.8. The second kappa shape index (κ2) is 6.51. The third-order valence-electron chi connectivity index (χ3n) is 4.50. The number of aryl methyl sites for hydroxylation is 1. The number of fused-ring (bicyclic) bond motifs is 2. The molecule has 2 heterocycles. The Bertz CT molecular complexity index is 944. The summed E-state index contributed by atoms with van der Waals surface area (Å²) >= 11 is 0. The van der Waals surface area contributed by atoms with Crippen molar-refractivity contribution in [2.45, 2.75) is 25.7 Å². The summed E-state index contributed by atoms with van der Waals surface area (Å²) < 4.78 is 10.4. The molecule has 0 bridgehead atoms. The zero-order valence-electron chi connectivity index (χ0n) is 13.7. The fourth-order valence-corrected chi connectivity index (χ4v) is 3.32. The van der Waals surface area contributed by atoms with Crippen LogP contribution in [0.15, 0.2) is 47.1 Å². The molecule has 0 radical (unpaired) electrons. The van der Waals surface area contributed by atoms with Crippen molar-refractivity contribution in [1.29, 1.82) is 0 Å². The van der Waals surface area contributed by atoms with Crippen LogP contribution in [0.2, 0.25) is 0 Å². The molecule has 1 aliphatic rings. The molecule has 2 aromatic heterocycles. The van der Waals surface area contributed by atoms with Crippen LogP contribution in [0.3, 0.4) is 0 Å². The van der Waals surface area contributed by atoms with Gasteiger partial charge in [0.05, 0.1) is 17.3 Å². The Kier molecular flexibility index (Phi) is 4.06. The Balaban J connectivity index is 1.67. The number of ketones is 1. The first-order chi connectivity index (χ1) is 12.2. The summed E-state index contributed by atoms with van der Waals surface area (Å²) in [6.07, 6.45) is 5.19. The minimum Gasteiger partial charge on any atom is -0.461 e. The van der Waals surface area contributed by atoms with Crippen LogP contribution >= 0.6 is 0 Å². The van der Waals surface area contributed by atoms with Crippen molar-refractivity contribution in [2.75, 3.05) is 6.61 Å². The van der Waals surface area contributed by atoms with Gasteiger partial charge in [-0.15, -0.1) is 0 Å². The summed E-state index contributed by atoms with van der Waals surface area (Å²) in [5, 5.41) is 0.776. The van der Waals surface area contributed by atoms with Gasteiger partial charge in [0.15, 0.2) is 12.4 Å². The zero-order valence-corrected chi connectivity index (χ0v) is 13.7. The van der Waals surface area contributed by atoms with Gasteiger partial charge in [-0.1, -0.05) is 18.2 Å². The van der Waals surface area contributed by atoms with E-state index in [0.717, 1.165) is 47.8 Å². The number of pyridine rings is 1. The van der Waals surface area contributed by atoms with Gasteiger partial charge in [0.2, 0.25) is 5.78 Å². The Labute approximate surface area is 144 Å². The molecule has 0 aliphatic heterocycles. The number of esters is 1. The van der Waals surface area contributed by atoms with Crippen molar-refractivity contribution in [3.05, 3.63) is 65.2 Å². The fraction of sp³-hybridized carbons (Fsp3) is 0.250. The lowest BCUT2D eigenvalue weighted by Crippen LogP contribution is -2.18. The number of aromatic nitrogens is 1. The van der Waals surface area contributed by atoms with Gasteiger partial charge < -0.3 is 9.15 Å². The van der Waals surface area contributed by atoms with Crippen LogP contribution < -0.4 is 0 Å². The summed E-state index contributed by atoms with van der Waals surface area (Å²) in [6.45, 7) is -0.336. The fourth-order valence-electron chi connectivity index (χ4n) is 3.32. The van der Waals surface area contributed by atoms with Crippen LogP contribution in [-0.2, 0) is 17.6 Å². The summed E-state index contributed by atoms with van der Waals surface area (Å²) in [7, 11) is 0. The van der Waals surface area contributed by atoms with Crippen molar-refractivity contribution >= 4 is 22.7 Å². The Morgan fingerprint density at radius 2 is 1.92 bits per heavy atom. The van der Waals surface area contributed by atoms with Gasteiger partial charge in [-0.3, -0.25) is 9.78 Å². The molecule has 1 aromatic carbocycles. The molecule has 3 aromatic rings. The summed E-state index contributed by atoms with van der Waals surface area (Å²) in [5.74, 6) is -0.642. The molecule has 0 N–H and O–H groups in total. The van der Waals surface area contributed by atoms with E-state index in [2.05, 4.69) is 0 Å². The lowest BCUT2D eigenvalue weighted by Gasteiger charge is -2.19. The highest BCUT2D eigenvalue weighted by Gasteiger charge is 2.24. The van der Waals surface area contributed by atoms with Gasteiger partial charge in [0.25, 0.3) is 0 Å². The average molecular weight is 335 g/mol. The van der Waals surface area contributed by atoms with E-state index in [1.807, 2.05) is 24.3 Å². The SMILES string of the molecule is O=C(COC(=O)c1c2c(nc3ccccc13)CCCC2)c1ccco1. The van der Waals surface area contributed by atoms with Gasteiger partial charge in [-0.25, -0.2) is 4.79 Å². The molecule has 0 saturated carbocycles. The monoisotopic (exact) mass is 335 g/mol. The first-order valence-electron chi connectivity index (χ1n) is 8.38. The highest BCUT2D eigenvalue weighted by molar-refractivity contribution is 6.06. The van der Waals surface area contributed by atoms with E-state index in [1.165, 1.54) is 6.26 Å². The van der Waals surface area contributed by atoms with E-state index in [1.54, 1.807) is 12.1 Å². The van der Waals surface area contributed by atoms with E-state index >= 15 is 0 Å². The molecule has 4 rings (SSSR count). The molecule has 25 heavy (non-hydrogen) atoms. The van der Waals surface area contributed by atoms with Crippen LogP contribution in [0.1, 0.15) is 45.0 Å². The number of rotatable bonds is 4. The quantitative estimate of drug-likeness (QED) is 0.536. The Morgan fingerprint density at radius 3 is 2.76 bits per heavy atom. The third kappa shape index (κ3) is 2.93. The molecule has 0 amide bonds. The number of nitrogens with zero attached hydrogens (tertiary/aromatic N) is 1. The van der Waals surface area contributed by atoms with Crippen LogP contribution in [-0.4, -0.2) is 23.3 Å². The lowest BCUT2D eigenvalue weighted by atomic mass is 9.90. The Morgan fingerprint density at radius 1 is 1.08 bits per heavy atom. The lowest BCUT2D eigenvalue weighted by molar-refractivity contribution is 0.0468. The molecule has 5 nitrogen and oxygen atoms in total. The summed E-state index contributed by atoms with van der Waals surface area (Å²) in [5.41, 5.74) is 3.26. The van der Waals surface area contributed by atoms with Gasteiger partial charge in [0.1, 0.15) is 0 Å². The van der Waals surface area contributed by atoms with Crippen LogP contribution in [0.4, 0.5) is 0 Å². The van der Waals surface area contributed by atoms with Crippen molar-refractivity contribution in [2.24, 2.45) is 0 Å². The maximum Gasteiger partial charge on any atom is 0.339 e. The van der Waals surface area contributed by atoms with Crippen LogP contribution in [0, 0.1) is 0 Å². The van der Waals surface area contributed by atoms with E-state index < -0.39 is 5.97 Å². The Hall–Kier alpha value is -2.95. The standard InChI is InChI=1S/C20H17NO4/c22-17(18-10-5-11-24-18)12-25-20(23)19-13-6-1-3-8-15(13)21-16-9-4-2-7-14(16)19/h1,3,5-6,8,10-11H,2,4,7,9,12H2. The number of para-hydroxylation sites is 1. The molecule has 1 aliphatic carbocycles. The molecule has 5 heteroatoms. The third-order valence-corrected chi connectivity index (χ3v) is 4.50. The topological polar surface area (TPSA) is 69.4 Å². The summed E-state index contributed by atoms with van der Waals surface area (Å²) in [4.78, 5) is 29.5. The molecule has 0 unspecified atom stereocenters. The van der Waals surface area contributed by atoms with Crippen LogP contribution in [0.25, 0.3) is 10.9 Å². The van der Waals surface area contributed by atoms with E-state index in [0.29, 0.717) is 5.56 Å².